The highest BCUT2D eigenvalue weighted by molar-refractivity contribution is 5.62. The summed E-state index contributed by atoms with van der Waals surface area (Å²) in [6, 6.07) is 6.97. The Morgan fingerprint density at radius 3 is 2.31 bits per heavy atom. The van der Waals surface area contributed by atoms with Crippen molar-refractivity contribution in [3.05, 3.63) is 89.1 Å². The Labute approximate surface area is 278 Å². The molecule has 2 fully saturated rings. The molecule has 45 heavy (non-hydrogen) atoms. The first-order valence-electron chi connectivity index (χ1n) is 18.6. The minimum atomic E-state index is -0.267. The van der Waals surface area contributed by atoms with Gasteiger partial charge in [0.15, 0.2) is 0 Å². The van der Waals surface area contributed by atoms with Gasteiger partial charge in [0.05, 0.1) is 6.67 Å². The van der Waals surface area contributed by atoms with Gasteiger partial charge in [-0.15, -0.1) is 0 Å². The van der Waals surface area contributed by atoms with Gasteiger partial charge in [-0.1, -0.05) is 125 Å². The number of aryl methyl sites for hydroxylation is 1. The highest BCUT2D eigenvalue weighted by Crippen LogP contribution is 2.34. The van der Waals surface area contributed by atoms with E-state index in [1.165, 1.54) is 111 Å². The van der Waals surface area contributed by atoms with Gasteiger partial charge < -0.3 is 5.32 Å². The Hall–Kier alpha value is -2.35. The zero-order valence-corrected chi connectivity index (χ0v) is 29.9. The molecular weight excluding hydrogens is 549 g/mol. The molecule has 2 heteroatoms. The van der Waals surface area contributed by atoms with Crippen molar-refractivity contribution >= 4 is 5.70 Å². The number of hydrogen-bond donors (Lipinski definition) is 1. The van der Waals surface area contributed by atoms with E-state index in [4.69, 9.17) is 0 Å². The van der Waals surface area contributed by atoms with Crippen LogP contribution in [0.2, 0.25) is 0 Å². The quantitative estimate of drug-likeness (QED) is 0.128. The van der Waals surface area contributed by atoms with Crippen LogP contribution in [-0.2, 0) is 6.42 Å². The van der Waals surface area contributed by atoms with Gasteiger partial charge in [0, 0.05) is 12.2 Å². The summed E-state index contributed by atoms with van der Waals surface area (Å²) in [5, 5.41) is 3.58. The minimum absolute atomic E-state index is 0.267. The second-order valence-corrected chi connectivity index (χ2v) is 13.8. The van der Waals surface area contributed by atoms with Crippen molar-refractivity contribution < 1.29 is 4.39 Å². The van der Waals surface area contributed by atoms with E-state index in [-0.39, 0.29) is 6.67 Å². The molecule has 252 valence electrons. The van der Waals surface area contributed by atoms with Crippen molar-refractivity contribution in [3.8, 4) is 0 Å². The molecule has 0 unspecified atom stereocenters. The second kappa shape index (κ2) is 23.9. The van der Waals surface area contributed by atoms with E-state index in [0.29, 0.717) is 6.42 Å². The third-order valence-corrected chi connectivity index (χ3v) is 9.86. The minimum Gasteiger partial charge on any atom is -0.385 e. The van der Waals surface area contributed by atoms with Crippen LogP contribution in [0.5, 0.6) is 0 Å². The highest BCUT2D eigenvalue weighted by atomic mass is 19.1. The number of alkyl halides is 1. The Morgan fingerprint density at radius 2 is 1.64 bits per heavy atom. The number of hydrogen-bond acceptors (Lipinski definition) is 1. The molecule has 0 heterocycles. The van der Waals surface area contributed by atoms with Gasteiger partial charge >= 0.3 is 0 Å². The van der Waals surface area contributed by atoms with Crippen LogP contribution < -0.4 is 5.32 Å². The molecule has 2 aliphatic rings. The molecule has 0 aromatic heterocycles. The summed E-state index contributed by atoms with van der Waals surface area (Å²) < 4.78 is 13.1. The zero-order valence-electron chi connectivity index (χ0n) is 29.9. The molecule has 0 aliphatic heterocycles. The molecule has 0 atom stereocenters. The standard InChI is InChI=1S/C40H60FN.C3H8/c1-5-6-7-8-9-20-38(27-28-41)32(2)15-14-19-36-21-23-37(24-22-36)31-39-25-26-40(30-33(39)3)34(4)42-29-13-12-18-35-16-10-11-17-35;1-3-2/h5-8,14-15,25-26,30,35-37,42H,4,9-13,16-24,27-29,31H2,1-3H3;3H2,1-2H3/b6-5-,8-7-,15-14+,38-32-;. The Bertz CT molecular complexity index is 1060. The van der Waals surface area contributed by atoms with Crippen LogP contribution in [0.15, 0.2) is 72.4 Å². The van der Waals surface area contributed by atoms with Gasteiger partial charge in [-0.2, -0.15) is 0 Å². The van der Waals surface area contributed by atoms with E-state index in [1.54, 1.807) is 0 Å². The maximum Gasteiger partial charge on any atom is 0.0931 e. The normalized spacial score (nSPS) is 19.7. The summed E-state index contributed by atoms with van der Waals surface area (Å²) in [6.07, 6.45) is 34.2. The molecule has 0 bridgehead atoms. The van der Waals surface area contributed by atoms with Crippen LogP contribution in [0.25, 0.3) is 5.70 Å². The van der Waals surface area contributed by atoms with Gasteiger partial charge in [0.25, 0.3) is 0 Å². The third-order valence-electron chi connectivity index (χ3n) is 9.86. The molecule has 2 saturated carbocycles. The van der Waals surface area contributed by atoms with Crippen LogP contribution in [0.4, 0.5) is 4.39 Å². The fraction of sp³-hybridized carbons (Fsp3) is 0.628. The monoisotopic (exact) mass is 618 g/mol. The molecular formula is C43H68FN. The lowest BCUT2D eigenvalue weighted by Gasteiger charge is -2.28. The first-order chi connectivity index (χ1) is 21.9. The average Bonchev–Trinajstić information content (AvgIpc) is 3.56. The third kappa shape index (κ3) is 16.2. The predicted octanol–water partition coefficient (Wildman–Crippen LogP) is 13.2. The topological polar surface area (TPSA) is 12.0 Å². The van der Waals surface area contributed by atoms with Crippen LogP contribution in [0.1, 0.15) is 147 Å². The molecule has 1 aromatic carbocycles. The summed E-state index contributed by atoms with van der Waals surface area (Å²) in [4.78, 5) is 0. The Balaban J connectivity index is 0.00000226. The fourth-order valence-corrected chi connectivity index (χ4v) is 7.03. The number of nitrogens with one attached hydrogen (secondary N) is 1. The molecule has 0 radical (unpaired) electrons. The van der Waals surface area contributed by atoms with Crippen molar-refractivity contribution in [2.24, 2.45) is 17.8 Å². The molecule has 3 rings (SSSR count). The highest BCUT2D eigenvalue weighted by Gasteiger charge is 2.21. The van der Waals surface area contributed by atoms with Crippen molar-refractivity contribution in [2.75, 3.05) is 13.2 Å². The van der Waals surface area contributed by atoms with Crippen molar-refractivity contribution in [1.29, 1.82) is 0 Å². The van der Waals surface area contributed by atoms with Crippen molar-refractivity contribution in [3.63, 3.8) is 0 Å². The molecule has 0 amide bonds. The summed E-state index contributed by atoms with van der Waals surface area (Å²) >= 11 is 0. The van der Waals surface area contributed by atoms with Crippen LogP contribution in [0, 0.1) is 24.7 Å². The molecule has 2 aliphatic carbocycles. The lowest BCUT2D eigenvalue weighted by atomic mass is 9.77. The van der Waals surface area contributed by atoms with Crippen molar-refractivity contribution in [1.82, 2.24) is 5.32 Å². The van der Waals surface area contributed by atoms with Gasteiger partial charge in [0.2, 0.25) is 0 Å². The maximum absolute atomic E-state index is 13.1. The summed E-state index contributed by atoms with van der Waals surface area (Å²) in [7, 11) is 0. The van der Waals surface area contributed by atoms with E-state index in [1.807, 2.05) is 19.1 Å². The van der Waals surface area contributed by atoms with Crippen LogP contribution in [-0.4, -0.2) is 13.2 Å². The van der Waals surface area contributed by atoms with E-state index in [9.17, 15) is 4.39 Å². The summed E-state index contributed by atoms with van der Waals surface area (Å²) in [5.41, 5.74) is 7.75. The Morgan fingerprint density at radius 1 is 0.933 bits per heavy atom. The molecule has 0 spiro atoms. The molecule has 1 aromatic rings. The second-order valence-electron chi connectivity index (χ2n) is 13.8. The van der Waals surface area contributed by atoms with E-state index >= 15 is 0 Å². The van der Waals surface area contributed by atoms with Crippen LogP contribution in [0.3, 0.4) is 0 Å². The van der Waals surface area contributed by atoms with E-state index < -0.39 is 0 Å². The van der Waals surface area contributed by atoms with E-state index in [2.05, 4.69) is 82.1 Å². The smallest absolute Gasteiger partial charge is 0.0931 e. The maximum atomic E-state index is 13.1. The molecule has 0 saturated heterocycles. The number of halogens is 1. The van der Waals surface area contributed by atoms with Gasteiger partial charge in [0.1, 0.15) is 0 Å². The van der Waals surface area contributed by atoms with Gasteiger partial charge in [-0.3, -0.25) is 4.39 Å². The van der Waals surface area contributed by atoms with Gasteiger partial charge in [-0.25, -0.2) is 0 Å². The number of allylic oxidation sites excluding steroid dienone is 8. The SMILES string of the molecule is C=C(NCCCCC1CCCC1)c1ccc(CC2CCC(C/C=C/C(C)=C(\CCF)CC/C=C\C=C/C)CC2)c(C)c1.CCC. The van der Waals surface area contributed by atoms with E-state index in [0.717, 1.165) is 49.3 Å². The lowest BCUT2D eigenvalue weighted by Crippen LogP contribution is -2.17. The van der Waals surface area contributed by atoms with Crippen molar-refractivity contribution in [2.45, 2.75) is 144 Å². The fourth-order valence-electron chi connectivity index (χ4n) is 7.03. The summed E-state index contributed by atoms with van der Waals surface area (Å²) in [6.45, 7) is 15.8. The Kier molecular flexibility index (Phi) is 20.6. The predicted molar refractivity (Wildman–Crippen MR) is 199 cm³/mol. The van der Waals surface area contributed by atoms with Crippen LogP contribution >= 0.6 is 0 Å². The largest absolute Gasteiger partial charge is 0.385 e. The first-order valence-corrected chi connectivity index (χ1v) is 18.6. The zero-order chi connectivity index (χ0) is 32.7. The average molecular weight is 618 g/mol. The lowest BCUT2D eigenvalue weighted by molar-refractivity contribution is 0.275. The first kappa shape index (κ1) is 38.8. The molecule has 1 nitrogen and oxygen atoms in total. The number of unbranched alkanes of at least 4 members (excludes halogenated alkanes) is 1. The van der Waals surface area contributed by atoms with Gasteiger partial charge in [-0.05, 0) is 125 Å². The summed E-state index contributed by atoms with van der Waals surface area (Å²) in [5.74, 6) is 2.58. The number of rotatable bonds is 18. The molecule has 1 N–H and O–H groups in total. The number of benzene rings is 1.